The van der Waals surface area contributed by atoms with Crippen molar-refractivity contribution in [3.8, 4) is 0 Å². The van der Waals surface area contributed by atoms with Gasteiger partial charge in [-0.1, -0.05) is 28.1 Å². The summed E-state index contributed by atoms with van der Waals surface area (Å²) >= 11 is 3.49. The Labute approximate surface area is 134 Å². The van der Waals surface area contributed by atoms with Crippen LogP contribution in [0.15, 0.2) is 47.5 Å². The number of halogens is 1. The fraction of sp³-hybridized carbons (Fsp3) is 0.438. The Morgan fingerprint density at radius 1 is 0.952 bits per heavy atom. The molecule has 0 saturated carbocycles. The maximum atomic E-state index is 4.08. The fourth-order valence-corrected chi connectivity index (χ4v) is 2.96. The van der Waals surface area contributed by atoms with Crippen LogP contribution in [0.1, 0.15) is 5.56 Å². The number of aromatic nitrogens is 2. The normalized spacial score (nSPS) is 17.2. The van der Waals surface area contributed by atoms with Crippen molar-refractivity contribution in [3.63, 3.8) is 0 Å². The molecule has 2 heterocycles. The topological polar surface area (TPSA) is 24.3 Å². The second-order valence-electron chi connectivity index (χ2n) is 5.54. The zero-order chi connectivity index (χ0) is 14.5. The van der Waals surface area contributed by atoms with E-state index in [9.17, 15) is 0 Å². The van der Waals surface area contributed by atoms with Crippen molar-refractivity contribution in [1.29, 1.82) is 0 Å². The Morgan fingerprint density at radius 3 is 2.33 bits per heavy atom. The molecular formula is C16H21BrN4. The van der Waals surface area contributed by atoms with Crippen LogP contribution in [0.5, 0.6) is 0 Å². The monoisotopic (exact) mass is 348 g/mol. The van der Waals surface area contributed by atoms with E-state index in [0.717, 1.165) is 50.3 Å². The smallest absolute Gasteiger partial charge is 0.0946 e. The van der Waals surface area contributed by atoms with E-state index in [0.29, 0.717) is 0 Å². The van der Waals surface area contributed by atoms with Crippen LogP contribution in [0.4, 0.5) is 0 Å². The standard InChI is InChI=1S/C16H21BrN4/c17-16-3-1-15(2-4-16)13-20-10-7-19(8-11-20)9-12-21-6-5-18-14-21/h1-6,14H,7-13H2. The molecule has 0 spiro atoms. The van der Waals surface area contributed by atoms with Crippen molar-refractivity contribution >= 4 is 15.9 Å². The molecule has 21 heavy (non-hydrogen) atoms. The number of piperazine rings is 1. The van der Waals surface area contributed by atoms with E-state index >= 15 is 0 Å². The largest absolute Gasteiger partial charge is 0.336 e. The molecule has 0 atom stereocenters. The summed E-state index contributed by atoms with van der Waals surface area (Å²) in [5, 5.41) is 0. The number of hydrogen-bond acceptors (Lipinski definition) is 3. The van der Waals surface area contributed by atoms with Gasteiger partial charge in [-0.15, -0.1) is 0 Å². The maximum absolute atomic E-state index is 4.08. The average Bonchev–Trinajstić information content (AvgIpc) is 3.02. The predicted octanol–water partition coefficient (Wildman–Crippen LogP) is 2.46. The van der Waals surface area contributed by atoms with Crippen LogP contribution in [-0.4, -0.2) is 52.1 Å². The van der Waals surface area contributed by atoms with E-state index in [1.54, 1.807) is 0 Å². The molecule has 1 aliphatic rings. The van der Waals surface area contributed by atoms with Crippen LogP contribution in [0, 0.1) is 0 Å². The number of imidazole rings is 1. The molecule has 0 bridgehead atoms. The lowest BCUT2D eigenvalue weighted by atomic mass is 10.2. The third-order valence-electron chi connectivity index (χ3n) is 4.02. The molecule has 0 unspecified atom stereocenters. The minimum Gasteiger partial charge on any atom is -0.336 e. The molecule has 2 aromatic rings. The summed E-state index contributed by atoms with van der Waals surface area (Å²) in [4.78, 5) is 9.16. The highest BCUT2D eigenvalue weighted by atomic mass is 79.9. The number of rotatable bonds is 5. The predicted molar refractivity (Wildman–Crippen MR) is 88.1 cm³/mol. The van der Waals surface area contributed by atoms with Crippen molar-refractivity contribution < 1.29 is 0 Å². The van der Waals surface area contributed by atoms with E-state index in [2.05, 4.69) is 59.5 Å². The molecule has 1 aromatic heterocycles. The van der Waals surface area contributed by atoms with Crippen LogP contribution in [0.25, 0.3) is 0 Å². The molecular weight excluding hydrogens is 328 g/mol. The molecule has 1 aromatic carbocycles. The van der Waals surface area contributed by atoms with Gasteiger partial charge in [0.1, 0.15) is 0 Å². The molecule has 0 amide bonds. The summed E-state index contributed by atoms with van der Waals surface area (Å²) in [5.74, 6) is 0. The minimum atomic E-state index is 1.03. The molecule has 3 rings (SSSR count). The zero-order valence-electron chi connectivity index (χ0n) is 12.2. The van der Waals surface area contributed by atoms with E-state index in [1.807, 2.05) is 18.7 Å². The van der Waals surface area contributed by atoms with Crippen LogP contribution < -0.4 is 0 Å². The number of nitrogens with zero attached hydrogens (tertiary/aromatic N) is 4. The van der Waals surface area contributed by atoms with Crippen LogP contribution >= 0.6 is 15.9 Å². The summed E-state index contributed by atoms with van der Waals surface area (Å²) in [6, 6.07) is 8.65. The van der Waals surface area contributed by atoms with Gasteiger partial charge in [0.2, 0.25) is 0 Å². The maximum Gasteiger partial charge on any atom is 0.0946 e. The Hall–Kier alpha value is -1.17. The van der Waals surface area contributed by atoms with Gasteiger partial charge in [0.15, 0.2) is 0 Å². The molecule has 112 valence electrons. The molecule has 0 N–H and O–H groups in total. The summed E-state index contributed by atoms with van der Waals surface area (Å²) < 4.78 is 3.30. The van der Waals surface area contributed by atoms with Gasteiger partial charge in [0.25, 0.3) is 0 Å². The second kappa shape index (κ2) is 7.20. The molecule has 1 aliphatic heterocycles. The van der Waals surface area contributed by atoms with Crippen LogP contribution in [0.2, 0.25) is 0 Å². The van der Waals surface area contributed by atoms with Crippen LogP contribution in [0.3, 0.4) is 0 Å². The molecule has 0 radical (unpaired) electrons. The summed E-state index contributed by atoms with van der Waals surface area (Å²) in [6.07, 6.45) is 5.77. The van der Waals surface area contributed by atoms with Crippen molar-refractivity contribution in [3.05, 3.63) is 53.0 Å². The van der Waals surface area contributed by atoms with Gasteiger partial charge >= 0.3 is 0 Å². The first-order valence-corrected chi connectivity index (χ1v) is 8.24. The third-order valence-corrected chi connectivity index (χ3v) is 4.55. The lowest BCUT2D eigenvalue weighted by Crippen LogP contribution is -2.46. The fourth-order valence-electron chi connectivity index (χ4n) is 2.69. The van der Waals surface area contributed by atoms with Gasteiger partial charge in [-0.25, -0.2) is 4.98 Å². The molecule has 1 saturated heterocycles. The molecule has 0 aliphatic carbocycles. The van der Waals surface area contributed by atoms with E-state index < -0.39 is 0 Å². The summed E-state index contributed by atoms with van der Waals surface area (Å²) in [6.45, 7) is 7.83. The quantitative estimate of drug-likeness (QED) is 0.829. The molecule has 5 heteroatoms. The zero-order valence-corrected chi connectivity index (χ0v) is 13.7. The van der Waals surface area contributed by atoms with E-state index in [4.69, 9.17) is 0 Å². The van der Waals surface area contributed by atoms with Crippen LogP contribution in [-0.2, 0) is 13.1 Å². The Morgan fingerprint density at radius 2 is 1.67 bits per heavy atom. The minimum absolute atomic E-state index is 1.03. The first-order chi connectivity index (χ1) is 10.3. The van der Waals surface area contributed by atoms with Gasteiger partial charge < -0.3 is 4.57 Å². The first kappa shape index (κ1) is 14.8. The van der Waals surface area contributed by atoms with Gasteiger partial charge in [0, 0.05) is 62.7 Å². The van der Waals surface area contributed by atoms with Gasteiger partial charge in [-0.05, 0) is 17.7 Å². The Bertz CT molecular complexity index is 530. The van der Waals surface area contributed by atoms with E-state index in [-0.39, 0.29) is 0 Å². The van der Waals surface area contributed by atoms with Crippen molar-refractivity contribution in [1.82, 2.24) is 19.4 Å². The highest BCUT2D eigenvalue weighted by molar-refractivity contribution is 9.10. The van der Waals surface area contributed by atoms with Crippen molar-refractivity contribution in [2.45, 2.75) is 13.1 Å². The van der Waals surface area contributed by atoms with Crippen molar-refractivity contribution in [2.75, 3.05) is 32.7 Å². The Kier molecular flexibility index (Phi) is 5.06. The van der Waals surface area contributed by atoms with Crippen molar-refractivity contribution in [2.24, 2.45) is 0 Å². The average molecular weight is 349 g/mol. The second-order valence-corrected chi connectivity index (χ2v) is 6.46. The summed E-state index contributed by atoms with van der Waals surface area (Å²) in [7, 11) is 0. The Balaban J connectivity index is 1.41. The van der Waals surface area contributed by atoms with Gasteiger partial charge in [0.05, 0.1) is 6.33 Å². The molecule has 1 fully saturated rings. The number of hydrogen-bond donors (Lipinski definition) is 0. The lowest BCUT2D eigenvalue weighted by molar-refractivity contribution is 0.124. The highest BCUT2D eigenvalue weighted by Crippen LogP contribution is 2.13. The first-order valence-electron chi connectivity index (χ1n) is 7.44. The lowest BCUT2D eigenvalue weighted by Gasteiger charge is -2.34. The SMILES string of the molecule is Brc1ccc(CN2CCN(CCn3ccnc3)CC2)cc1. The highest BCUT2D eigenvalue weighted by Gasteiger charge is 2.16. The van der Waals surface area contributed by atoms with E-state index in [1.165, 1.54) is 5.56 Å². The molecule has 4 nitrogen and oxygen atoms in total. The summed E-state index contributed by atoms with van der Waals surface area (Å²) in [5.41, 5.74) is 1.39. The van der Waals surface area contributed by atoms with Gasteiger partial charge in [-0.2, -0.15) is 0 Å². The number of benzene rings is 1. The van der Waals surface area contributed by atoms with Gasteiger partial charge in [-0.3, -0.25) is 9.80 Å². The third kappa shape index (κ3) is 4.40.